The Labute approximate surface area is 122 Å². The summed E-state index contributed by atoms with van der Waals surface area (Å²) in [5, 5.41) is 5.96. The Balaban J connectivity index is 2.59. The lowest BCUT2D eigenvalue weighted by molar-refractivity contribution is -0.121. The zero-order valence-electron chi connectivity index (χ0n) is 13.1. The Bertz CT molecular complexity index is 418. The maximum Gasteiger partial charge on any atom is 0.221 e. The molecule has 0 saturated heterocycles. The minimum Gasteiger partial charge on any atom is -0.352 e. The number of amides is 1. The third-order valence-electron chi connectivity index (χ3n) is 3.50. The van der Waals surface area contributed by atoms with Gasteiger partial charge >= 0.3 is 0 Å². The van der Waals surface area contributed by atoms with E-state index in [1.165, 1.54) is 11.1 Å². The number of hydrogen-bond acceptors (Lipinski definition) is 3. The Kier molecular flexibility index (Phi) is 7.26. The highest BCUT2D eigenvalue weighted by molar-refractivity contribution is 5.76. The van der Waals surface area contributed by atoms with Crippen molar-refractivity contribution in [3.05, 3.63) is 35.4 Å². The first kappa shape index (κ1) is 16.7. The first-order chi connectivity index (χ1) is 9.54. The van der Waals surface area contributed by atoms with Gasteiger partial charge in [0.1, 0.15) is 0 Å². The van der Waals surface area contributed by atoms with Gasteiger partial charge in [-0.1, -0.05) is 24.3 Å². The number of nitrogens with one attached hydrogen (secondary N) is 2. The van der Waals surface area contributed by atoms with Gasteiger partial charge in [0, 0.05) is 32.1 Å². The molecule has 112 valence electrons. The number of carbonyl (C=O) groups is 1. The fraction of sp³-hybridized carbons (Fsp3) is 0.562. The molecule has 0 spiro atoms. The van der Waals surface area contributed by atoms with Crippen LogP contribution in [0.15, 0.2) is 24.3 Å². The monoisotopic (exact) mass is 277 g/mol. The van der Waals surface area contributed by atoms with Crippen LogP contribution in [0.25, 0.3) is 0 Å². The topological polar surface area (TPSA) is 44.4 Å². The van der Waals surface area contributed by atoms with E-state index in [-0.39, 0.29) is 5.91 Å². The molecule has 20 heavy (non-hydrogen) atoms. The molecule has 0 radical (unpaired) electrons. The second kappa shape index (κ2) is 8.72. The fourth-order valence-electron chi connectivity index (χ4n) is 1.86. The number of benzene rings is 1. The maximum absolute atomic E-state index is 11.7. The van der Waals surface area contributed by atoms with Gasteiger partial charge in [0.05, 0.1) is 0 Å². The van der Waals surface area contributed by atoms with Crippen LogP contribution < -0.4 is 10.6 Å². The van der Waals surface area contributed by atoms with Crippen LogP contribution in [0.3, 0.4) is 0 Å². The third-order valence-corrected chi connectivity index (χ3v) is 3.50. The van der Waals surface area contributed by atoms with Gasteiger partial charge in [0.2, 0.25) is 5.91 Å². The van der Waals surface area contributed by atoms with Crippen molar-refractivity contribution in [1.29, 1.82) is 0 Å². The zero-order chi connectivity index (χ0) is 15.0. The number of rotatable bonds is 8. The van der Waals surface area contributed by atoms with Crippen molar-refractivity contribution in [3.8, 4) is 0 Å². The molecule has 4 heteroatoms. The van der Waals surface area contributed by atoms with E-state index in [4.69, 9.17) is 0 Å². The van der Waals surface area contributed by atoms with Crippen molar-refractivity contribution >= 4 is 5.91 Å². The molecule has 0 heterocycles. The second-order valence-electron chi connectivity index (χ2n) is 5.41. The van der Waals surface area contributed by atoms with Crippen LogP contribution in [0.2, 0.25) is 0 Å². The van der Waals surface area contributed by atoms with Crippen LogP contribution >= 0.6 is 0 Å². The van der Waals surface area contributed by atoms with E-state index >= 15 is 0 Å². The van der Waals surface area contributed by atoms with Crippen molar-refractivity contribution in [1.82, 2.24) is 15.5 Å². The van der Waals surface area contributed by atoms with Gasteiger partial charge in [-0.15, -0.1) is 0 Å². The first-order valence-corrected chi connectivity index (χ1v) is 7.23. The normalized spacial score (nSPS) is 11.1. The van der Waals surface area contributed by atoms with Gasteiger partial charge in [-0.3, -0.25) is 9.69 Å². The van der Waals surface area contributed by atoms with E-state index in [1.807, 2.05) is 13.1 Å². The molecule has 0 aliphatic carbocycles. The van der Waals surface area contributed by atoms with Gasteiger partial charge in [0.15, 0.2) is 0 Å². The molecule has 0 atom stereocenters. The van der Waals surface area contributed by atoms with Crippen molar-refractivity contribution in [2.45, 2.75) is 39.4 Å². The Morgan fingerprint density at radius 3 is 2.50 bits per heavy atom. The highest BCUT2D eigenvalue weighted by Gasteiger charge is 2.08. The lowest BCUT2D eigenvalue weighted by atomic mass is 10.1. The summed E-state index contributed by atoms with van der Waals surface area (Å²) in [5.41, 5.74) is 2.47. The van der Waals surface area contributed by atoms with Crippen LogP contribution in [0, 0.1) is 0 Å². The number of nitrogens with zero attached hydrogens (tertiary/aromatic N) is 1. The minimum atomic E-state index is 0.0892. The molecular formula is C16H27N3O. The summed E-state index contributed by atoms with van der Waals surface area (Å²) in [6, 6.07) is 8.80. The average molecular weight is 277 g/mol. The van der Waals surface area contributed by atoms with Crippen LogP contribution in [-0.2, 0) is 17.9 Å². The van der Waals surface area contributed by atoms with E-state index < -0.39 is 0 Å². The van der Waals surface area contributed by atoms with Crippen molar-refractivity contribution in [2.24, 2.45) is 0 Å². The second-order valence-corrected chi connectivity index (χ2v) is 5.41. The third kappa shape index (κ3) is 5.72. The fourth-order valence-corrected chi connectivity index (χ4v) is 1.86. The summed E-state index contributed by atoms with van der Waals surface area (Å²) in [5.74, 6) is 0.0892. The lowest BCUT2D eigenvalue weighted by Crippen LogP contribution is -2.28. The summed E-state index contributed by atoms with van der Waals surface area (Å²) < 4.78 is 0. The van der Waals surface area contributed by atoms with Crippen LogP contribution in [0.1, 0.15) is 31.4 Å². The zero-order valence-corrected chi connectivity index (χ0v) is 13.1. The molecule has 1 aromatic carbocycles. The largest absolute Gasteiger partial charge is 0.352 e. The van der Waals surface area contributed by atoms with Gasteiger partial charge in [-0.05, 0) is 39.1 Å². The van der Waals surface area contributed by atoms with Crippen LogP contribution in [-0.4, -0.2) is 37.5 Å². The van der Waals surface area contributed by atoms with Gasteiger partial charge in [0.25, 0.3) is 0 Å². The molecule has 1 rings (SSSR count). The molecule has 1 amide bonds. The molecule has 0 saturated carbocycles. The van der Waals surface area contributed by atoms with Crippen molar-refractivity contribution in [2.75, 3.05) is 20.6 Å². The number of carbonyl (C=O) groups excluding carboxylic acids is 1. The summed E-state index contributed by atoms with van der Waals surface area (Å²) in [6.45, 7) is 6.58. The molecule has 0 bridgehead atoms. The molecule has 0 fully saturated rings. The van der Waals surface area contributed by atoms with Crippen molar-refractivity contribution < 1.29 is 4.79 Å². The molecule has 1 aromatic rings. The SMILES string of the molecule is CNCCC(=O)NCc1ccccc1CN(C)C(C)C. The lowest BCUT2D eigenvalue weighted by Gasteiger charge is -2.22. The van der Waals surface area contributed by atoms with E-state index in [2.05, 4.69) is 54.6 Å². The van der Waals surface area contributed by atoms with E-state index in [1.54, 1.807) is 0 Å². The Morgan fingerprint density at radius 2 is 1.90 bits per heavy atom. The molecule has 2 N–H and O–H groups in total. The van der Waals surface area contributed by atoms with Crippen molar-refractivity contribution in [3.63, 3.8) is 0 Å². The van der Waals surface area contributed by atoms with E-state index in [0.29, 0.717) is 25.6 Å². The molecule has 0 aromatic heterocycles. The van der Waals surface area contributed by atoms with Gasteiger partial charge in [-0.2, -0.15) is 0 Å². The van der Waals surface area contributed by atoms with Crippen LogP contribution in [0.5, 0.6) is 0 Å². The minimum absolute atomic E-state index is 0.0892. The highest BCUT2D eigenvalue weighted by Crippen LogP contribution is 2.12. The highest BCUT2D eigenvalue weighted by atomic mass is 16.1. The standard InChI is InChI=1S/C16H27N3O/c1-13(2)19(4)12-15-8-6-5-7-14(15)11-18-16(20)9-10-17-3/h5-8,13,17H,9-12H2,1-4H3,(H,18,20). The predicted octanol–water partition coefficient (Wildman–Crippen LogP) is 1.75. The summed E-state index contributed by atoms with van der Waals surface area (Å²) in [6.07, 6.45) is 0.518. The molecule has 0 unspecified atom stereocenters. The maximum atomic E-state index is 11.7. The molecule has 0 aliphatic rings. The first-order valence-electron chi connectivity index (χ1n) is 7.23. The Hall–Kier alpha value is -1.39. The molecule has 4 nitrogen and oxygen atoms in total. The van der Waals surface area contributed by atoms with Crippen LogP contribution in [0.4, 0.5) is 0 Å². The molecular weight excluding hydrogens is 250 g/mol. The molecule has 0 aliphatic heterocycles. The van der Waals surface area contributed by atoms with E-state index in [9.17, 15) is 4.79 Å². The van der Waals surface area contributed by atoms with E-state index in [0.717, 1.165) is 6.54 Å². The smallest absolute Gasteiger partial charge is 0.221 e. The average Bonchev–Trinajstić information content (AvgIpc) is 2.44. The predicted molar refractivity (Wildman–Crippen MR) is 83.4 cm³/mol. The number of hydrogen-bond donors (Lipinski definition) is 2. The summed E-state index contributed by atoms with van der Waals surface area (Å²) >= 11 is 0. The van der Waals surface area contributed by atoms with Gasteiger partial charge in [-0.25, -0.2) is 0 Å². The quantitative estimate of drug-likeness (QED) is 0.761. The summed E-state index contributed by atoms with van der Waals surface area (Å²) in [7, 11) is 3.97. The Morgan fingerprint density at radius 1 is 1.25 bits per heavy atom. The van der Waals surface area contributed by atoms with Gasteiger partial charge < -0.3 is 10.6 Å². The summed E-state index contributed by atoms with van der Waals surface area (Å²) in [4.78, 5) is 13.9.